The Hall–Kier alpha value is -6.05. The first kappa shape index (κ1) is 49.4. The lowest BCUT2D eigenvalue weighted by atomic mass is 9.72. The second kappa shape index (κ2) is 19.4. The number of carbonyl (C=O) groups excluding carboxylic acids is 3. The third-order valence-corrected chi connectivity index (χ3v) is 14.2. The number of ether oxygens (including phenoxy) is 2. The first-order chi connectivity index (χ1) is 32.7. The molecule has 2 atom stereocenters. The van der Waals surface area contributed by atoms with E-state index in [-0.39, 0.29) is 43.6 Å². The molecule has 0 saturated carbocycles. The number of likely N-dealkylation sites (N-methyl/N-ethyl adjacent to an activating group) is 1. The van der Waals surface area contributed by atoms with Gasteiger partial charge in [0, 0.05) is 56.8 Å². The quantitative estimate of drug-likeness (QED) is 0.133. The summed E-state index contributed by atoms with van der Waals surface area (Å²) in [6, 6.07) is 19.3. The summed E-state index contributed by atoms with van der Waals surface area (Å²) in [5, 5.41) is 9.42. The molecule has 3 heterocycles. The average Bonchev–Trinajstić information content (AvgIpc) is 4.04. The zero-order chi connectivity index (χ0) is 49.5. The molecule has 12 nitrogen and oxygen atoms in total. The van der Waals surface area contributed by atoms with Crippen molar-refractivity contribution in [2.75, 3.05) is 78.1 Å². The van der Waals surface area contributed by atoms with E-state index >= 15 is 0 Å². The number of amides is 4. The highest BCUT2D eigenvalue weighted by atomic mass is 19.4. The van der Waals surface area contributed by atoms with Crippen LogP contribution in [0.25, 0.3) is 0 Å². The minimum atomic E-state index is -5.14. The van der Waals surface area contributed by atoms with E-state index in [2.05, 4.69) is 17.0 Å². The van der Waals surface area contributed by atoms with Gasteiger partial charge in [-0.2, -0.15) is 26.3 Å². The van der Waals surface area contributed by atoms with Crippen molar-refractivity contribution in [3.63, 3.8) is 0 Å². The van der Waals surface area contributed by atoms with E-state index in [1.807, 2.05) is 12.1 Å². The Balaban J connectivity index is 0.876. The van der Waals surface area contributed by atoms with Crippen LogP contribution in [0.15, 0.2) is 84.9 Å². The first-order valence-electron chi connectivity index (χ1n) is 22.7. The molecule has 4 aliphatic rings. The summed E-state index contributed by atoms with van der Waals surface area (Å²) in [6.45, 7) is 1.95. The molecular weight excluding hydrogens is 916 g/mol. The van der Waals surface area contributed by atoms with E-state index in [1.165, 1.54) is 29.2 Å². The number of hydrogen-bond donors (Lipinski definition) is 1. The second-order valence-corrected chi connectivity index (χ2v) is 18.4. The number of halogens is 7. The first-order valence-corrected chi connectivity index (χ1v) is 22.7. The van der Waals surface area contributed by atoms with Crippen LogP contribution in [-0.2, 0) is 50.5 Å². The molecule has 3 aliphatic heterocycles. The van der Waals surface area contributed by atoms with Gasteiger partial charge in [0.1, 0.15) is 24.8 Å². The molecule has 1 spiro atoms. The molecule has 0 aromatic heterocycles. The molecule has 1 N–H and O–H groups in total. The highest BCUT2D eigenvalue weighted by Crippen LogP contribution is 2.48. The maximum absolute atomic E-state index is 14.1. The normalized spacial score (nSPS) is 20.0. The standard InChI is InChI=1S/C50H52F7N5O7/c1-58(18-5-19-59(2)44(64)34-8-13-41-33(24-34)14-20-62(41)46(66)67)43(63)29-68-42-27-32-6-3-4-7-40(32)47(42)15-21-60(22-16-47)23-17-48(36-9-11-39(51)12-10-36)30-61(31-69-48)45(65)35-25-37(49(52,53)54)28-38(26-35)50(55,56)57/h3-4,6-13,24-26,28,42H,5,14-23,27,29-31H2,1-2H3,(H,66,67)/t42-,48+/m0/s1. The predicted molar refractivity (Wildman–Crippen MR) is 238 cm³/mol. The smallest absolute Gasteiger partial charge is 0.416 e. The van der Waals surface area contributed by atoms with Gasteiger partial charge in [0.2, 0.25) is 5.91 Å². The van der Waals surface area contributed by atoms with Gasteiger partial charge in [-0.05, 0) is 122 Å². The molecule has 2 fully saturated rings. The molecule has 4 aromatic rings. The van der Waals surface area contributed by atoms with Crippen molar-refractivity contribution in [2.45, 2.75) is 68.0 Å². The van der Waals surface area contributed by atoms with Gasteiger partial charge in [-0.25, -0.2) is 9.18 Å². The van der Waals surface area contributed by atoms with Gasteiger partial charge in [0.15, 0.2) is 0 Å². The minimum absolute atomic E-state index is 0.0335. The molecule has 8 rings (SSSR count). The molecule has 4 aromatic carbocycles. The van der Waals surface area contributed by atoms with Crippen molar-refractivity contribution in [1.82, 2.24) is 19.6 Å². The predicted octanol–water partition coefficient (Wildman–Crippen LogP) is 8.22. The summed E-state index contributed by atoms with van der Waals surface area (Å²) in [4.78, 5) is 59.5. The van der Waals surface area contributed by atoms with Gasteiger partial charge in [-0.15, -0.1) is 0 Å². The molecule has 4 amide bonds. The summed E-state index contributed by atoms with van der Waals surface area (Å²) in [7, 11) is 3.38. The van der Waals surface area contributed by atoms with E-state index in [4.69, 9.17) is 9.47 Å². The van der Waals surface area contributed by atoms with Gasteiger partial charge < -0.3 is 34.2 Å². The zero-order valence-electron chi connectivity index (χ0n) is 38.0. The van der Waals surface area contributed by atoms with Crippen LogP contribution in [0.1, 0.15) is 79.8 Å². The van der Waals surface area contributed by atoms with Gasteiger partial charge in [-0.1, -0.05) is 36.4 Å². The highest BCUT2D eigenvalue weighted by molar-refractivity contribution is 5.97. The monoisotopic (exact) mass is 967 g/mol. The van der Waals surface area contributed by atoms with Gasteiger partial charge in [0.05, 0.1) is 29.5 Å². The van der Waals surface area contributed by atoms with E-state index in [0.717, 1.165) is 21.6 Å². The minimum Gasteiger partial charge on any atom is -0.465 e. The van der Waals surface area contributed by atoms with Crippen LogP contribution in [0.5, 0.6) is 0 Å². The number of carboxylic acid groups (broad SMARTS) is 1. The van der Waals surface area contributed by atoms with Crippen molar-refractivity contribution in [2.24, 2.45) is 0 Å². The molecule has 69 heavy (non-hydrogen) atoms. The summed E-state index contributed by atoms with van der Waals surface area (Å²) < 4.78 is 109. The number of fused-ring (bicyclic) bond motifs is 3. The molecule has 2 saturated heterocycles. The summed E-state index contributed by atoms with van der Waals surface area (Å²) in [6.07, 6.45) is -8.37. The number of carbonyl (C=O) groups is 4. The summed E-state index contributed by atoms with van der Waals surface area (Å²) >= 11 is 0. The maximum atomic E-state index is 14.1. The number of hydrogen-bond acceptors (Lipinski definition) is 7. The van der Waals surface area contributed by atoms with Crippen molar-refractivity contribution in [1.29, 1.82) is 0 Å². The SMILES string of the molecule is CN(CCCN(C)C(=O)c1ccc2c(c1)CCN2C(=O)O)C(=O)CO[C@H]1Cc2ccccc2C12CCN(CC[C@]1(c3ccc(F)cc3)CN(C(=O)c3cc(C(F)(F)F)cc(C(F)(F)F)c3)CO1)CC2. The number of piperidine rings is 1. The van der Waals surface area contributed by atoms with E-state index in [0.29, 0.717) is 100 Å². The third kappa shape index (κ3) is 10.3. The number of benzene rings is 4. The lowest BCUT2D eigenvalue weighted by Gasteiger charge is -2.44. The van der Waals surface area contributed by atoms with Crippen LogP contribution in [-0.4, -0.2) is 128 Å². The lowest BCUT2D eigenvalue weighted by Crippen LogP contribution is -2.50. The number of nitrogens with zero attached hydrogens (tertiary/aromatic N) is 5. The fourth-order valence-corrected chi connectivity index (χ4v) is 10.3. The van der Waals surface area contributed by atoms with Crippen molar-refractivity contribution in [3.05, 3.63) is 135 Å². The van der Waals surface area contributed by atoms with Gasteiger partial charge in [-0.3, -0.25) is 19.3 Å². The molecule has 0 unspecified atom stereocenters. The Morgan fingerprint density at radius 2 is 1.48 bits per heavy atom. The Labute approximate surface area is 394 Å². The zero-order valence-corrected chi connectivity index (χ0v) is 38.0. The van der Waals surface area contributed by atoms with E-state index in [1.54, 1.807) is 42.1 Å². The number of rotatable bonds is 13. The Bertz CT molecular complexity index is 2550. The van der Waals surface area contributed by atoms with E-state index < -0.39 is 64.6 Å². The molecule has 1 aliphatic carbocycles. The second-order valence-electron chi connectivity index (χ2n) is 18.4. The van der Waals surface area contributed by atoms with Crippen LogP contribution in [0.4, 0.5) is 41.2 Å². The fraction of sp³-hybridized carbons (Fsp3) is 0.440. The number of likely N-dealkylation sites (tertiary alicyclic amines) is 1. The van der Waals surface area contributed by atoms with Crippen LogP contribution >= 0.6 is 0 Å². The van der Waals surface area contributed by atoms with Gasteiger partial charge >= 0.3 is 18.4 Å². The largest absolute Gasteiger partial charge is 0.465 e. The van der Waals surface area contributed by atoms with Crippen molar-refractivity contribution < 1.29 is 64.5 Å². The summed E-state index contributed by atoms with van der Waals surface area (Å²) in [5.74, 6) is -2.02. The van der Waals surface area contributed by atoms with E-state index in [9.17, 15) is 55.0 Å². The van der Waals surface area contributed by atoms with Gasteiger partial charge in [0.25, 0.3) is 11.8 Å². The molecule has 0 bridgehead atoms. The number of alkyl halides is 6. The van der Waals surface area contributed by atoms with Crippen LogP contribution < -0.4 is 4.90 Å². The fourth-order valence-electron chi connectivity index (χ4n) is 10.3. The van der Waals surface area contributed by atoms with Crippen LogP contribution in [0.3, 0.4) is 0 Å². The molecule has 368 valence electrons. The summed E-state index contributed by atoms with van der Waals surface area (Å²) in [5.41, 5.74) is -1.03. The Kier molecular flexibility index (Phi) is 13.9. The topological polar surface area (TPSA) is 123 Å². The van der Waals surface area contributed by atoms with Crippen molar-refractivity contribution >= 4 is 29.5 Å². The third-order valence-electron chi connectivity index (χ3n) is 14.2. The van der Waals surface area contributed by atoms with Crippen LogP contribution in [0, 0.1) is 5.82 Å². The lowest BCUT2D eigenvalue weighted by molar-refractivity contribution is -0.143. The Morgan fingerprint density at radius 3 is 2.14 bits per heavy atom. The van der Waals surface area contributed by atoms with Crippen LogP contribution in [0.2, 0.25) is 0 Å². The highest BCUT2D eigenvalue weighted by Gasteiger charge is 2.50. The molecule has 0 radical (unpaired) electrons. The maximum Gasteiger partial charge on any atom is 0.416 e. The molecule has 19 heteroatoms. The Morgan fingerprint density at radius 1 is 0.812 bits per heavy atom. The van der Waals surface area contributed by atoms with Crippen molar-refractivity contribution in [3.8, 4) is 0 Å². The number of anilines is 1. The molecular formula is C50H52F7N5O7. The average molecular weight is 968 g/mol.